The summed E-state index contributed by atoms with van der Waals surface area (Å²) < 4.78 is 10.8. The van der Waals surface area contributed by atoms with Crippen molar-refractivity contribution in [2.75, 3.05) is 20.8 Å². The maximum atomic E-state index is 13.6. The fourth-order valence-electron chi connectivity index (χ4n) is 4.52. The Kier molecular flexibility index (Phi) is 4.86. The first kappa shape index (κ1) is 19.2. The minimum Gasteiger partial charge on any atom is -0.497 e. The molecule has 0 spiro atoms. The van der Waals surface area contributed by atoms with E-state index in [1.54, 1.807) is 20.3 Å². The zero-order valence-corrected chi connectivity index (χ0v) is 17.6. The summed E-state index contributed by atoms with van der Waals surface area (Å²) in [6, 6.07) is 23.4. The largest absolute Gasteiger partial charge is 0.497 e. The van der Waals surface area contributed by atoms with Crippen LogP contribution in [-0.2, 0) is 6.42 Å². The van der Waals surface area contributed by atoms with Gasteiger partial charge in [-0.05, 0) is 53.9 Å². The highest BCUT2D eigenvalue weighted by Crippen LogP contribution is 2.40. The molecule has 5 rings (SSSR count). The van der Waals surface area contributed by atoms with E-state index >= 15 is 0 Å². The normalized spacial score (nSPS) is 15.5. The summed E-state index contributed by atoms with van der Waals surface area (Å²) >= 11 is 0. The number of carbonyl (C=O) groups is 1. The van der Waals surface area contributed by atoms with Gasteiger partial charge in [0.1, 0.15) is 11.5 Å². The highest BCUT2D eigenvalue weighted by molar-refractivity contribution is 5.96. The Morgan fingerprint density at radius 1 is 0.935 bits per heavy atom. The van der Waals surface area contributed by atoms with E-state index < -0.39 is 0 Å². The number of H-pyrrole nitrogens is 1. The van der Waals surface area contributed by atoms with Crippen LogP contribution in [0.1, 0.15) is 33.2 Å². The maximum Gasteiger partial charge on any atom is 0.254 e. The van der Waals surface area contributed by atoms with Crippen LogP contribution in [0.15, 0.2) is 72.8 Å². The summed E-state index contributed by atoms with van der Waals surface area (Å²) in [6.45, 7) is 0.632. The lowest BCUT2D eigenvalue weighted by molar-refractivity contribution is 0.0691. The van der Waals surface area contributed by atoms with E-state index in [-0.39, 0.29) is 11.9 Å². The lowest BCUT2D eigenvalue weighted by atomic mass is 9.91. The van der Waals surface area contributed by atoms with Gasteiger partial charge in [0.15, 0.2) is 0 Å². The minimum atomic E-state index is -0.193. The van der Waals surface area contributed by atoms with Gasteiger partial charge in [-0.2, -0.15) is 0 Å². The summed E-state index contributed by atoms with van der Waals surface area (Å²) in [4.78, 5) is 19.2. The number of nitrogens with zero attached hydrogens (tertiary/aromatic N) is 1. The van der Waals surface area contributed by atoms with Crippen LogP contribution in [0.3, 0.4) is 0 Å². The van der Waals surface area contributed by atoms with Crippen LogP contribution in [0.2, 0.25) is 0 Å². The van der Waals surface area contributed by atoms with Crippen molar-refractivity contribution in [2.24, 2.45) is 0 Å². The van der Waals surface area contributed by atoms with Gasteiger partial charge in [0.25, 0.3) is 5.91 Å². The first-order chi connectivity index (χ1) is 15.2. The van der Waals surface area contributed by atoms with E-state index in [2.05, 4.69) is 23.2 Å². The third-order valence-electron chi connectivity index (χ3n) is 6.03. The average Bonchev–Trinajstić information content (AvgIpc) is 3.21. The molecule has 1 unspecified atom stereocenters. The van der Waals surface area contributed by atoms with Gasteiger partial charge in [0.05, 0.1) is 20.3 Å². The van der Waals surface area contributed by atoms with Gasteiger partial charge >= 0.3 is 0 Å². The van der Waals surface area contributed by atoms with Crippen molar-refractivity contribution in [2.45, 2.75) is 12.5 Å². The van der Waals surface area contributed by atoms with Crippen molar-refractivity contribution in [3.8, 4) is 11.5 Å². The number of benzene rings is 3. The number of fused-ring (bicyclic) bond motifs is 3. The van der Waals surface area contributed by atoms with Crippen molar-refractivity contribution in [3.63, 3.8) is 0 Å². The second kappa shape index (κ2) is 7.84. The zero-order chi connectivity index (χ0) is 21.4. The first-order valence-electron chi connectivity index (χ1n) is 10.4. The van der Waals surface area contributed by atoms with E-state index in [4.69, 9.17) is 9.47 Å². The van der Waals surface area contributed by atoms with Crippen molar-refractivity contribution < 1.29 is 14.3 Å². The first-order valence-corrected chi connectivity index (χ1v) is 10.4. The Morgan fingerprint density at radius 3 is 2.48 bits per heavy atom. The number of hydrogen-bond donors (Lipinski definition) is 1. The Morgan fingerprint density at radius 2 is 1.71 bits per heavy atom. The predicted molar refractivity (Wildman–Crippen MR) is 121 cm³/mol. The number of aromatic nitrogens is 1. The van der Waals surface area contributed by atoms with Crippen LogP contribution in [0.25, 0.3) is 10.9 Å². The van der Waals surface area contributed by atoms with Gasteiger partial charge in [-0.15, -0.1) is 0 Å². The van der Waals surface area contributed by atoms with E-state index in [0.29, 0.717) is 17.9 Å². The molecule has 0 bridgehead atoms. The topological polar surface area (TPSA) is 54.6 Å². The van der Waals surface area contributed by atoms with Gasteiger partial charge < -0.3 is 19.4 Å². The molecule has 3 aromatic carbocycles. The molecule has 1 aromatic heterocycles. The third kappa shape index (κ3) is 3.32. The quantitative estimate of drug-likeness (QED) is 0.515. The summed E-state index contributed by atoms with van der Waals surface area (Å²) in [5.41, 5.74) is 5.08. The third-order valence-corrected chi connectivity index (χ3v) is 6.03. The molecule has 1 amide bonds. The number of amides is 1. The average molecular weight is 412 g/mol. The number of rotatable bonds is 4. The van der Waals surface area contributed by atoms with Crippen molar-refractivity contribution >= 4 is 16.8 Å². The summed E-state index contributed by atoms with van der Waals surface area (Å²) in [6.07, 6.45) is 0.779. The Bertz CT molecular complexity index is 1250. The van der Waals surface area contributed by atoms with Gasteiger partial charge in [-0.3, -0.25) is 4.79 Å². The van der Waals surface area contributed by atoms with Crippen LogP contribution in [-0.4, -0.2) is 36.6 Å². The van der Waals surface area contributed by atoms with Crippen LogP contribution in [0.4, 0.5) is 0 Å². The van der Waals surface area contributed by atoms with Gasteiger partial charge in [0.2, 0.25) is 0 Å². The Labute approximate surface area is 181 Å². The lowest BCUT2D eigenvalue weighted by Crippen LogP contribution is -2.40. The molecule has 0 saturated carbocycles. The van der Waals surface area contributed by atoms with Crippen LogP contribution in [0.5, 0.6) is 11.5 Å². The highest BCUT2D eigenvalue weighted by atomic mass is 16.5. The Hall–Kier alpha value is -3.73. The second-order valence-electron chi connectivity index (χ2n) is 7.72. The number of methoxy groups -OCH3 is 2. The molecule has 4 aromatic rings. The maximum absolute atomic E-state index is 13.6. The van der Waals surface area contributed by atoms with Crippen molar-refractivity contribution in [3.05, 3.63) is 95.2 Å². The molecule has 5 heteroatoms. The van der Waals surface area contributed by atoms with E-state index in [1.165, 1.54) is 5.56 Å². The standard InChI is InChI=1S/C26H24N2O3/c1-30-19-10-6-9-18(15-19)26(29)28-14-13-21-22-16-20(31-2)11-12-23(22)27-24(21)25(28)17-7-4-3-5-8-17/h3-12,15-16,25,27H,13-14H2,1-2H3. The van der Waals surface area contributed by atoms with E-state index in [0.717, 1.165) is 34.3 Å². The molecule has 5 nitrogen and oxygen atoms in total. The van der Waals surface area contributed by atoms with E-state index in [9.17, 15) is 4.79 Å². The number of carbonyl (C=O) groups excluding carboxylic acids is 1. The fraction of sp³-hybridized carbons (Fsp3) is 0.192. The van der Waals surface area contributed by atoms with Crippen LogP contribution in [0, 0.1) is 0 Å². The molecule has 2 heterocycles. The molecular formula is C26H24N2O3. The second-order valence-corrected chi connectivity index (χ2v) is 7.72. The molecule has 0 radical (unpaired) electrons. The molecule has 0 saturated heterocycles. The summed E-state index contributed by atoms with van der Waals surface area (Å²) in [5.74, 6) is 1.51. The lowest BCUT2D eigenvalue weighted by Gasteiger charge is -2.36. The minimum absolute atomic E-state index is 0.00496. The monoisotopic (exact) mass is 412 g/mol. The molecule has 0 aliphatic carbocycles. The molecule has 1 N–H and O–H groups in total. The molecule has 31 heavy (non-hydrogen) atoms. The molecule has 1 aliphatic rings. The predicted octanol–water partition coefficient (Wildman–Crippen LogP) is 4.97. The molecule has 1 aliphatic heterocycles. The smallest absolute Gasteiger partial charge is 0.254 e. The molecule has 156 valence electrons. The number of nitrogens with one attached hydrogen (secondary N) is 1. The summed E-state index contributed by atoms with van der Waals surface area (Å²) in [5, 5.41) is 1.16. The van der Waals surface area contributed by atoms with Crippen molar-refractivity contribution in [1.29, 1.82) is 0 Å². The molecule has 0 fully saturated rings. The van der Waals surface area contributed by atoms with Crippen molar-refractivity contribution in [1.82, 2.24) is 9.88 Å². The van der Waals surface area contributed by atoms with Crippen LogP contribution >= 0.6 is 0 Å². The SMILES string of the molecule is COc1cccc(C(=O)N2CCc3c([nH]c4ccc(OC)cc34)C2c2ccccc2)c1. The molecular weight excluding hydrogens is 388 g/mol. The number of aromatic amines is 1. The van der Waals surface area contributed by atoms with Gasteiger partial charge in [-0.25, -0.2) is 0 Å². The van der Waals surface area contributed by atoms with E-state index in [1.807, 2.05) is 53.4 Å². The zero-order valence-electron chi connectivity index (χ0n) is 17.6. The van der Waals surface area contributed by atoms with Crippen LogP contribution < -0.4 is 9.47 Å². The fourth-order valence-corrected chi connectivity index (χ4v) is 4.52. The number of hydrogen-bond acceptors (Lipinski definition) is 3. The van der Waals surface area contributed by atoms with Gasteiger partial charge in [-0.1, -0.05) is 36.4 Å². The van der Waals surface area contributed by atoms with Gasteiger partial charge in [0, 0.05) is 28.7 Å². The highest BCUT2D eigenvalue weighted by Gasteiger charge is 2.35. The Balaban J connectivity index is 1.64. The number of ether oxygens (including phenoxy) is 2. The summed E-state index contributed by atoms with van der Waals surface area (Å²) in [7, 11) is 3.30. The molecule has 1 atom stereocenters.